The maximum absolute atomic E-state index is 11.8. The molecule has 20 heavy (non-hydrogen) atoms. The molecule has 0 heterocycles. The highest BCUT2D eigenvalue weighted by atomic mass is 16.5. The van der Waals surface area contributed by atoms with Crippen molar-refractivity contribution in [2.75, 3.05) is 7.11 Å². The Labute approximate surface area is 116 Å². The highest BCUT2D eigenvalue weighted by molar-refractivity contribution is 5.92. The summed E-state index contributed by atoms with van der Waals surface area (Å²) in [6, 6.07) is 10.8. The average molecular weight is 274 g/mol. The van der Waals surface area contributed by atoms with E-state index in [2.05, 4.69) is 0 Å². The first-order valence-corrected chi connectivity index (χ1v) is 5.93. The average Bonchev–Trinajstić information content (AvgIpc) is 2.46. The highest BCUT2D eigenvalue weighted by Crippen LogP contribution is 2.26. The molecular weight excluding hydrogens is 260 g/mol. The summed E-state index contributed by atoms with van der Waals surface area (Å²) in [5, 5.41) is 19.0. The van der Waals surface area contributed by atoms with Crippen molar-refractivity contribution in [3.05, 3.63) is 53.6 Å². The van der Waals surface area contributed by atoms with Crippen LogP contribution in [-0.4, -0.2) is 23.3 Å². The van der Waals surface area contributed by atoms with Gasteiger partial charge >= 0.3 is 5.97 Å². The van der Waals surface area contributed by atoms with Gasteiger partial charge in [0.15, 0.2) is 11.5 Å². The van der Waals surface area contributed by atoms with Crippen LogP contribution in [-0.2, 0) is 11.3 Å². The molecule has 0 saturated carbocycles. The third-order valence-corrected chi connectivity index (χ3v) is 2.74. The zero-order valence-corrected chi connectivity index (χ0v) is 10.9. The monoisotopic (exact) mass is 274 g/mol. The van der Waals surface area contributed by atoms with Gasteiger partial charge < -0.3 is 19.7 Å². The van der Waals surface area contributed by atoms with Crippen LogP contribution >= 0.6 is 0 Å². The van der Waals surface area contributed by atoms with Gasteiger partial charge in [-0.05, 0) is 29.8 Å². The fourth-order valence-electron chi connectivity index (χ4n) is 1.68. The summed E-state index contributed by atoms with van der Waals surface area (Å²) in [5.74, 6) is -0.416. The standard InChI is InChI=1S/C15H14O5/c1-19-14-8-10(6-7-13(14)17)9-20-15(18)11-4-2-3-5-12(11)16/h2-8,16-17H,9H2,1H3. The van der Waals surface area contributed by atoms with Crippen molar-refractivity contribution in [1.82, 2.24) is 0 Å². The van der Waals surface area contributed by atoms with Crippen LogP contribution in [0.25, 0.3) is 0 Å². The molecule has 0 aliphatic rings. The molecule has 2 aromatic rings. The van der Waals surface area contributed by atoms with Crippen LogP contribution in [0.3, 0.4) is 0 Å². The lowest BCUT2D eigenvalue weighted by Crippen LogP contribution is -2.05. The van der Waals surface area contributed by atoms with Crippen molar-refractivity contribution >= 4 is 5.97 Å². The Bertz CT molecular complexity index is 621. The Morgan fingerprint density at radius 3 is 2.55 bits per heavy atom. The molecule has 104 valence electrons. The molecule has 0 aliphatic heterocycles. The molecule has 0 aliphatic carbocycles. The Hall–Kier alpha value is -2.69. The second-order valence-corrected chi connectivity index (χ2v) is 4.10. The number of carbonyl (C=O) groups excluding carboxylic acids is 1. The van der Waals surface area contributed by atoms with Crippen molar-refractivity contribution in [3.8, 4) is 17.2 Å². The third-order valence-electron chi connectivity index (χ3n) is 2.74. The number of para-hydroxylation sites is 1. The van der Waals surface area contributed by atoms with Crippen molar-refractivity contribution in [3.63, 3.8) is 0 Å². The minimum Gasteiger partial charge on any atom is -0.507 e. The number of rotatable bonds is 4. The van der Waals surface area contributed by atoms with Gasteiger partial charge in [0.05, 0.1) is 7.11 Å². The molecule has 2 N–H and O–H groups in total. The Morgan fingerprint density at radius 2 is 1.85 bits per heavy atom. The second kappa shape index (κ2) is 5.97. The first-order valence-electron chi connectivity index (χ1n) is 5.93. The molecule has 2 rings (SSSR count). The highest BCUT2D eigenvalue weighted by Gasteiger charge is 2.12. The second-order valence-electron chi connectivity index (χ2n) is 4.10. The molecule has 0 bridgehead atoms. The van der Waals surface area contributed by atoms with Crippen LogP contribution in [0.15, 0.2) is 42.5 Å². The number of carbonyl (C=O) groups is 1. The van der Waals surface area contributed by atoms with E-state index >= 15 is 0 Å². The van der Waals surface area contributed by atoms with Crippen LogP contribution in [0.5, 0.6) is 17.2 Å². The molecule has 5 heteroatoms. The molecule has 0 aromatic heterocycles. The minimum absolute atomic E-state index is 0.0169. The van der Waals surface area contributed by atoms with Gasteiger partial charge in [0.2, 0.25) is 0 Å². The Morgan fingerprint density at radius 1 is 1.10 bits per heavy atom. The van der Waals surface area contributed by atoms with Crippen molar-refractivity contribution in [2.45, 2.75) is 6.61 Å². The lowest BCUT2D eigenvalue weighted by atomic mass is 10.2. The number of hydrogen-bond donors (Lipinski definition) is 2. The van der Waals surface area contributed by atoms with Crippen molar-refractivity contribution in [2.24, 2.45) is 0 Å². The number of esters is 1. The molecule has 0 amide bonds. The summed E-state index contributed by atoms with van der Waals surface area (Å²) in [4.78, 5) is 11.8. The third kappa shape index (κ3) is 3.00. The van der Waals surface area contributed by atoms with Crippen LogP contribution in [0.2, 0.25) is 0 Å². The maximum Gasteiger partial charge on any atom is 0.342 e. The van der Waals surface area contributed by atoms with Gasteiger partial charge in [-0.25, -0.2) is 4.79 Å². The fraction of sp³-hybridized carbons (Fsp3) is 0.133. The van der Waals surface area contributed by atoms with Crippen LogP contribution in [0.1, 0.15) is 15.9 Å². The van der Waals surface area contributed by atoms with Gasteiger partial charge in [0.25, 0.3) is 0 Å². The summed E-state index contributed by atoms with van der Waals surface area (Å²) in [7, 11) is 1.44. The van der Waals surface area contributed by atoms with E-state index in [-0.39, 0.29) is 23.7 Å². The molecule has 5 nitrogen and oxygen atoms in total. The van der Waals surface area contributed by atoms with E-state index in [4.69, 9.17) is 9.47 Å². The van der Waals surface area contributed by atoms with Gasteiger partial charge in [0, 0.05) is 0 Å². The Balaban J connectivity index is 2.06. The van der Waals surface area contributed by atoms with Crippen LogP contribution < -0.4 is 4.74 Å². The maximum atomic E-state index is 11.8. The predicted octanol–water partition coefficient (Wildman–Crippen LogP) is 2.46. The summed E-state index contributed by atoms with van der Waals surface area (Å²) >= 11 is 0. The van der Waals surface area contributed by atoms with E-state index in [1.165, 1.54) is 25.3 Å². The van der Waals surface area contributed by atoms with Gasteiger partial charge in [-0.15, -0.1) is 0 Å². The molecule has 0 fully saturated rings. The number of ether oxygens (including phenoxy) is 2. The van der Waals surface area contributed by atoms with E-state index in [1.807, 2.05) is 0 Å². The number of aromatic hydroxyl groups is 2. The number of methoxy groups -OCH3 is 1. The van der Waals surface area contributed by atoms with Gasteiger partial charge in [-0.1, -0.05) is 18.2 Å². The van der Waals surface area contributed by atoms with Gasteiger partial charge in [-0.2, -0.15) is 0 Å². The summed E-state index contributed by atoms with van der Waals surface area (Å²) in [5.41, 5.74) is 0.779. The first-order chi connectivity index (χ1) is 9.61. The Kier molecular flexibility index (Phi) is 4.10. The molecule has 0 spiro atoms. The molecular formula is C15H14O5. The van der Waals surface area contributed by atoms with E-state index in [0.717, 1.165) is 0 Å². The van der Waals surface area contributed by atoms with E-state index in [1.54, 1.807) is 24.3 Å². The van der Waals surface area contributed by atoms with Gasteiger partial charge in [-0.3, -0.25) is 0 Å². The van der Waals surface area contributed by atoms with E-state index in [9.17, 15) is 15.0 Å². The van der Waals surface area contributed by atoms with Crippen LogP contribution in [0.4, 0.5) is 0 Å². The van der Waals surface area contributed by atoms with Crippen molar-refractivity contribution < 1.29 is 24.5 Å². The normalized spacial score (nSPS) is 10.1. The van der Waals surface area contributed by atoms with Crippen molar-refractivity contribution in [1.29, 1.82) is 0 Å². The topological polar surface area (TPSA) is 76.0 Å². The first kappa shape index (κ1) is 13.7. The lowest BCUT2D eigenvalue weighted by molar-refractivity contribution is 0.0469. The molecule has 2 aromatic carbocycles. The molecule has 0 unspecified atom stereocenters. The molecule has 0 radical (unpaired) electrons. The SMILES string of the molecule is COc1cc(COC(=O)c2ccccc2O)ccc1O. The number of phenols is 2. The fourth-order valence-corrected chi connectivity index (χ4v) is 1.68. The zero-order valence-electron chi connectivity index (χ0n) is 10.9. The summed E-state index contributed by atoms with van der Waals surface area (Å²) in [6.07, 6.45) is 0. The lowest BCUT2D eigenvalue weighted by Gasteiger charge is -2.08. The predicted molar refractivity (Wildman–Crippen MR) is 71.9 cm³/mol. The quantitative estimate of drug-likeness (QED) is 0.837. The zero-order chi connectivity index (χ0) is 14.5. The summed E-state index contributed by atoms with van der Waals surface area (Å²) in [6.45, 7) is 0.0177. The smallest absolute Gasteiger partial charge is 0.342 e. The number of benzene rings is 2. The molecule has 0 saturated heterocycles. The summed E-state index contributed by atoms with van der Waals surface area (Å²) < 4.78 is 10.1. The van der Waals surface area contributed by atoms with Crippen LogP contribution in [0, 0.1) is 0 Å². The number of phenolic OH excluding ortho intramolecular Hbond substituents is 2. The van der Waals surface area contributed by atoms with Gasteiger partial charge in [0.1, 0.15) is 17.9 Å². The number of hydrogen-bond acceptors (Lipinski definition) is 5. The largest absolute Gasteiger partial charge is 0.507 e. The minimum atomic E-state index is -0.616. The van der Waals surface area contributed by atoms with E-state index < -0.39 is 5.97 Å². The molecule has 0 atom stereocenters. The van der Waals surface area contributed by atoms with E-state index in [0.29, 0.717) is 11.3 Å².